The van der Waals surface area contributed by atoms with Gasteiger partial charge in [-0.1, -0.05) is 0 Å². The molecule has 0 aromatic carbocycles. The Morgan fingerprint density at radius 3 is 3.19 bits per heavy atom. The van der Waals surface area contributed by atoms with Gasteiger partial charge in [-0.15, -0.1) is 0 Å². The van der Waals surface area contributed by atoms with Crippen molar-refractivity contribution in [2.75, 3.05) is 33.4 Å². The van der Waals surface area contributed by atoms with Crippen LogP contribution in [0.25, 0.3) is 0 Å². The summed E-state index contributed by atoms with van der Waals surface area (Å²) in [6.45, 7) is 4.63. The third kappa shape index (κ3) is 3.33. The zero-order valence-corrected chi connectivity index (χ0v) is 9.82. The van der Waals surface area contributed by atoms with Gasteiger partial charge in [-0.2, -0.15) is 0 Å². The van der Waals surface area contributed by atoms with E-state index in [-0.39, 0.29) is 0 Å². The molecule has 4 nitrogen and oxygen atoms in total. The number of nitrogens with one attached hydrogen (secondary N) is 1. The smallest absolute Gasteiger partial charge is 0.117 e. The molecule has 2 rings (SSSR count). The van der Waals surface area contributed by atoms with Gasteiger partial charge in [0.25, 0.3) is 0 Å². The summed E-state index contributed by atoms with van der Waals surface area (Å²) in [5, 5.41) is 3.37. The van der Waals surface area contributed by atoms with Crippen molar-refractivity contribution >= 4 is 0 Å². The lowest BCUT2D eigenvalue weighted by atomic mass is 10.2. The summed E-state index contributed by atoms with van der Waals surface area (Å²) in [5.74, 6) is 0.992. The van der Waals surface area contributed by atoms with Crippen molar-refractivity contribution in [1.29, 1.82) is 0 Å². The molecular weight excluding hydrogens is 204 g/mol. The summed E-state index contributed by atoms with van der Waals surface area (Å²) in [4.78, 5) is 2.36. The van der Waals surface area contributed by atoms with E-state index in [2.05, 4.69) is 17.3 Å². The Labute approximate surface area is 96.6 Å². The molecule has 1 N–H and O–H groups in total. The molecule has 2 heterocycles. The van der Waals surface area contributed by atoms with E-state index >= 15 is 0 Å². The minimum Gasteiger partial charge on any atom is -0.468 e. The summed E-state index contributed by atoms with van der Waals surface area (Å²) in [6, 6.07) is 4.51. The number of likely N-dealkylation sites (N-methyl/N-ethyl adjacent to an activating group) is 1. The maximum Gasteiger partial charge on any atom is 0.117 e. The highest BCUT2D eigenvalue weighted by Crippen LogP contribution is 2.09. The van der Waals surface area contributed by atoms with Crippen molar-refractivity contribution in [3.63, 3.8) is 0 Å². The van der Waals surface area contributed by atoms with Gasteiger partial charge in [0.1, 0.15) is 5.76 Å². The van der Waals surface area contributed by atoms with Gasteiger partial charge < -0.3 is 14.5 Å². The van der Waals surface area contributed by atoms with Gasteiger partial charge in [-0.25, -0.2) is 0 Å². The molecule has 0 saturated carbocycles. The van der Waals surface area contributed by atoms with Crippen molar-refractivity contribution in [1.82, 2.24) is 10.2 Å². The second-order valence-corrected chi connectivity index (χ2v) is 4.25. The molecule has 0 amide bonds. The molecule has 16 heavy (non-hydrogen) atoms. The predicted molar refractivity (Wildman–Crippen MR) is 62.3 cm³/mol. The second kappa shape index (κ2) is 6.03. The monoisotopic (exact) mass is 224 g/mol. The van der Waals surface area contributed by atoms with Gasteiger partial charge in [0.05, 0.1) is 19.4 Å². The van der Waals surface area contributed by atoms with Crippen LogP contribution in [0.2, 0.25) is 0 Å². The molecule has 90 valence electrons. The van der Waals surface area contributed by atoms with Crippen LogP contribution < -0.4 is 5.32 Å². The molecule has 4 heteroatoms. The Morgan fingerprint density at radius 1 is 1.56 bits per heavy atom. The van der Waals surface area contributed by atoms with E-state index in [1.165, 1.54) is 0 Å². The molecule has 1 saturated heterocycles. The van der Waals surface area contributed by atoms with E-state index in [0.717, 1.165) is 45.0 Å². The van der Waals surface area contributed by atoms with Gasteiger partial charge in [0.2, 0.25) is 0 Å². The SMILES string of the molecule is CN(CCNCc1ccco1)C1CCOC1. The average Bonchev–Trinajstić information content (AvgIpc) is 2.96. The minimum absolute atomic E-state index is 0.602. The highest BCUT2D eigenvalue weighted by Gasteiger charge is 2.19. The largest absolute Gasteiger partial charge is 0.468 e. The normalized spacial score (nSPS) is 20.8. The maximum absolute atomic E-state index is 5.37. The number of hydrogen-bond donors (Lipinski definition) is 1. The fourth-order valence-corrected chi connectivity index (χ4v) is 1.93. The van der Waals surface area contributed by atoms with Crippen LogP contribution in [0.15, 0.2) is 22.8 Å². The Kier molecular flexibility index (Phi) is 4.39. The van der Waals surface area contributed by atoms with Crippen molar-refractivity contribution in [2.45, 2.75) is 19.0 Å². The fraction of sp³-hybridized carbons (Fsp3) is 0.667. The van der Waals surface area contributed by atoms with Crippen LogP contribution in [0.4, 0.5) is 0 Å². The van der Waals surface area contributed by atoms with Crippen LogP contribution in [-0.2, 0) is 11.3 Å². The van der Waals surface area contributed by atoms with Crippen LogP contribution in [-0.4, -0.2) is 44.3 Å². The molecule has 0 spiro atoms. The van der Waals surface area contributed by atoms with E-state index in [1.807, 2.05) is 12.1 Å². The lowest BCUT2D eigenvalue weighted by Crippen LogP contribution is -2.37. The molecule has 1 aliphatic heterocycles. The van der Waals surface area contributed by atoms with Crippen LogP contribution in [0.1, 0.15) is 12.2 Å². The van der Waals surface area contributed by atoms with Crippen LogP contribution in [0.3, 0.4) is 0 Å². The van der Waals surface area contributed by atoms with Crippen molar-refractivity contribution < 1.29 is 9.15 Å². The first-order chi connectivity index (χ1) is 7.86. The number of furan rings is 1. The van der Waals surface area contributed by atoms with Crippen LogP contribution in [0, 0.1) is 0 Å². The lowest BCUT2D eigenvalue weighted by molar-refractivity contribution is 0.159. The zero-order valence-electron chi connectivity index (χ0n) is 9.82. The quantitative estimate of drug-likeness (QED) is 0.734. The molecule has 1 atom stereocenters. The molecule has 1 unspecified atom stereocenters. The Bertz CT molecular complexity index is 281. The Hall–Kier alpha value is -0.840. The summed E-state index contributed by atoms with van der Waals surface area (Å²) in [5.41, 5.74) is 0. The standard InChI is InChI=1S/C12H20N2O2/c1-14(11-4-8-15-10-11)6-5-13-9-12-3-2-7-16-12/h2-3,7,11,13H,4-6,8-10H2,1H3. The van der Waals surface area contributed by atoms with Gasteiger partial charge in [0, 0.05) is 25.7 Å². The first-order valence-corrected chi connectivity index (χ1v) is 5.87. The Morgan fingerprint density at radius 2 is 2.50 bits per heavy atom. The summed E-state index contributed by atoms with van der Waals surface area (Å²) < 4.78 is 10.6. The van der Waals surface area contributed by atoms with E-state index in [4.69, 9.17) is 9.15 Å². The van der Waals surface area contributed by atoms with Crippen molar-refractivity contribution in [2.24, 2.45) is 0 Å². The van der Waals surface area contributed by atoms with Crippen LogP contribution in [0.5, 0.6) is 0 Å². The number of hydrogen-bond acceptors (Lipinski definition) is 4. The van der Waals surface area contributed by atoms with Gasteiger partial charge in [0.15, 0.2) is 0 Å². The van der Waals surface area contributed by atoms with Gasteiger partial charge in [-0.3, -0.25) is 4.90 Å². The topological polar surface area (TPSA) is 37.6 Å². The molecule has 1 aromatic heterocycles. The minimum atomic E-state index is 0.602. The molecule has 1 aliphatic rings. The second-order valence-electron chi connectivity index (χ2n) is 4.25. The number of nitrogens with zero attached hydrogens (tertiary/aromatic N) is 1. The molecule has 1 fully saturated rings. The summed E-state index contributed by atoms with van der Waals surface area (Å²) in [7, 11) is 2.16. The van der Waals surface area contributed by atoms with E-state index in [1.54, 1.807) is 6.26 Å². The van der Waals surface area contributed by atoms with Gasteiger partial charge >= 0.3 is 0 Å². The molecular formula is C12H20N2O2. The van der Waals surface area contributed by atoms with E-state index < -0.39 is 0 Å². The predicted octanol–water partition coefficient (Wildman–Crippen LogP) is 1.09. The van der Waals surface area contributed by atoms with E-state index in [9.17, 15) is 0 Å². The first kappa shape index (κ1) is 11.6. The number of rotatable bonds is 6. The molecule has 1 aromatic rings. The van der Waals surface area contributed by atoms with Gasteiger partial charge in [-0.05, 0) is 25.6 Å². The van der Waals surface area contributed by atoms with Crippen molar-refractivity contribution in [3.8, 4) is 0 Å². The molecule has 0 radical (unpaired) electrons. The number of ether oxygens (including phenoxy) is 1. The lowest BCUT2D eigenvalue weighted by Gasteiger charge is -2.22. The third-order valence-corrected chi connectivity index (χ3v) is 3.05. The summed E-state index contributed by atoms with van der Waals surface area (Å²) in [6.07, 6.45) is 2.87. The highest BCUT2D eigenvalue weighted by atomic mass is 16.5. The molecule has 0 aliphatic carbocycles. The van der Waals surface area contributed by atoms with Crippen LogP contribution >= 0.6 is 0 Å². The molecule has 0 bridgehead atoms. The fourth-order valence-electron chi connectivity index (χ4n) is 1.93. The maximum atomic E-state index is 5.37. The summed E-state index contributed by atoms with van der Waals surface area (Å²) >= 11 is 0. The highest BCUT2D eigenvalue weighted by molar-refractivity contribution is 4.97. The third-order valence-electron chi connectivity index (χ3n) is 3.05. The first-order valence-electron chi connectivity index (χ1n) is 5.87. The zero-order chi connectivity index (χ0) is 11.2. The average molecular weight is 224 g/mol. The van der Waals surface area contributed by atoms with E-state index in [0.29, 0.717) is 6.04 Å². The Balaban J connectivity index is 1.57. The van der Waals surface area contributed by atoms with Crippen molar-refractivity contribution in [3.05, 3.63) is 24.2 Å².